The van der Waals surface area contributed by atoms with Crippen molar-refractivity contribution in [2.75, 3.05) is 0 Å². The minimum absolute atomic E-state index is 0.0321. The first-order chi connectivity index (χ1) is 11.2. The third-order valence-electron chi connectivity index (χ3n) is 3.72. The average molecular weight is 356 g/mol. The smallest absolute Gasteiger partial charge is 0.376 e. The predicted molar refractivity (Wildman–Crippen MR) is 79.3 cm³/mol. The molecule has 24 heavy (non-hydrogen) atoms. The monoisotopic (exact) mass is 356 g/mol. The molecule has 0 heterocycles. The largest absolute Gasteiger partial charge is 0.534 e. The molecule has 2 aromatic carbocycles. The van der Waals surface area contributed by atoms with Crippen LogP contribution in [0, 0.1) is 0 Å². The zero-order valence-corrected chi connectivity index (χ0v) is 12.9. The number of fused-ring (bicyclic) bond motifs is 2. The summed E-state index contributed by atoms with van der Waals surface area (Å²) in [6.07, 6.45) is 0.402. The zero-order valence-electron chi connectivity index (χ0n) is 12.1. The van der Waals surface area contributed by atoms with Gasteiger partial charge in [0.2, 0.25) is 0 Å². The standard InChI is InChI=1S/C16H11F3O4S/c17-16(18,19)24(21,22)23-13-6-5-10-7-11-3-1-2-4-14(11)15(20)9-12(10)8-13/h1-6,8H,7,9H2. The van der Waals surface area contributed by atoms with Crippen molar-refractivity contribution >= 4 is 15.9 Å². The molecule has 4 nitrogen and oxygen atoms in total. The lowest BCUT2D eigenvalue weighted by molar-refractivity contribution is -0.0500. The van der Waals surface area contributed by atoms with Gasteiger partial charge in [0.15, 0.2) is 5.78 Å². The van der Waals surface area contributed by atoms with Crippen LogP contribution in [0.1, 0.15) is 27.0 Å². The molecule has 0 unspecified atom stereocenters. The van der Waals surface area contributed by atoms with Gasteiger partial charge in [-0.05, 0) is 35.2 Å². The predicted octanol–water partition coefficient (Wildman–Crippen LogP) is 3.24. The Kier molecular flexibility index (Phi) is 3.87. The van der Waals surface area contributed by atoms with Crippen LogP contribution in [0.25, 0.3) is 0 Å². The number of carbonyl (C=O) groups is 1. The maximum atomic E-state index is 12.4. The van der Waals surface area contributed by atoms with E-state index in [0.717, 1.165) is 17.2 Å². The summed E-state index contributed by atoms with van der Waals surface area (Å²) in [7, 11) is -5.74. The summed E-state index contributed by atoms with van der Waals surface area (Å²) in [5, 5.41) is 0. The molecule has 3 rings (SSSR count). The molecule has 0 saturated heterocycles. The van der Waals surface area contributed by atoms with Crippen molar-refractivity contribution in [2.45, 2.75) is 18.3 Å². The number of rotatable bonds is 2. The first kappa shape index (κ1) is 16.5. The molecule has 0 amide bonds. The van der Waals surface area contributed by atoms with E-state index in [1.54, 1.807) is 24.3 Å². The van der Waals surface area contributed by atoms with Gasteiger partial charge in [-0.2, -0.15) is 21.6 Å². The van der Waals surface area contributed by atoms with Gasteiger partial charge in [0, 0.05) is 12.0 Å². The van der Waals surface area contributed by atoms with Crippen LogP contribution in [0.5, 0.6) is 5.75 Å². The number of benzene rings is 2. The molecule has 2 aromatic rings. The summed E-state index contributed by atoms with van der Waals surface area (Å²) in [5.74, 6) is -0.648. The molecule has 0 fully saturated rings. The Labute approximate surface area is 136 Å². The number of ketones is 1. The van der Waals surface area contributed by atoms with Crippen LogP contribution in [0.2, 0.25) is 0 Å². The van der Waals surface area contributed by atoms with Crippen LogP contribution < -0.4 is 4.18 Å². The van der Waals surface area contributed by atoms with Crippen molar-refractivity contribution in [2.24, 2.45) is 0 Å². The summed E-state index contributed by atoms with van der Waals surface area (Å²) in [6, 6.07) is 10.8. The molecule has 0 N–H and O–H groups in total. The number of alkyl halides is 3. The van der Waals surface area contributed by atoms with E-state index in [2.05, 4.69) is 4.18 Å². The Morgan fingerprint density at radius 1 is 0.917 bits per heavy atom. The highest BCUT2D eigenvalue weighted by atomic mass is 32.2. The Balaban J connectivity index is 1.96. The van der Waals surface area contributed by atoms with Gasteiger partial charge in [0.1, 0.15) is 5.75 Å². The Bertz CT molecular complexity index is 917. The van der Waals surface area contributed by atoms with Crippen molar-refractivity contribution in [3.8, 4) is 5.75 Å². The van der Waals surface area contributed by atoms with Gasteiger partial charge >= 0.3 is 15.6 Å². The molecule has 8 heteroatoms. The topological polar surface area (TPSA) is 60.4 Å². The first-order valence-electron chi connectivity index (χ1n) is 6.91. The van der Waals surface area contributed by atoms with E-state index < -0.39 is 21.4 Å². The lowest BCUT2D eigenvalue weighted by Crippen LogP contribution is -2.28. The summed E-state index contributed by atoms with van der Waals surface area (Å²) in [4.78, 5) is 12.3. The van der Waals surface area contributed by atoms with Crippen LogP contribution in [0.3, 0.4) is 0 Å². The van der Waals surface area contributed by atoms with Gasteiger partial charge in [0.25, 0.3) is 0 Å². The lowest BCUT2D eigenvalue weighted by atomic mass is 10.0. The van der Waals surface area contributed by atoms with Crippen LogP contribution >= 0.6 is 0 Å². The molecule has 0 spiro atoms. The first-order valence-corrected chi connectivity index (χ1v) is 8.32. The van der Waals surface area contributed by atoms with E-state index in [4.69, 9.17) is 0 Å². The Morgan fingerprint density at radius 3 is 2.33 bits per heavy atom. The highest BCUT2D eigenvalue weighted by Crippen LogP contribution is 2.30. The molecule has 0 aliphatic heterocycles. The molecule has 0 saturated carbocycles. The SMILES string of the molecule is O=C1Cc2cc(OS(=O)(=O)C(F)(F)F)ccc2Cc2ccccc21. The minimum atomic E-state index is -5.74. The van der Waals surface area contributed by atoms with E-state index in [0.29, 0.717) is 17.5 Å². The lowest BCUT2D eigenvalue weighted by Gasteiger charge is -2.11. The van der Waals surface area contributed by atoms with E-state index in [1.807, 2.05) is 0 Å². The normalized spacial score (nSPS) is 14.5. The fourth-order valence-electron chi connectivity index (χ4n) is 2.58. The summed E-state index contributed by atoms with van der Waals surface area (Å²) in [5.41, 5.74) is -2.95. The summed E-state index contributed by atoms with van der Waals surface area (Å²) < 4.78 is 63.5. The Morgan fingerprint density at radius 2 is 1.62 bits per heavy atom. The molecular formula is C16H11F3O4S. The highest BCUT2D eigenvalue weighted by Gasteiger charge is 2.48. The molecule has 0 aromatic heterocycles. The van der Waals surface area contributed by atoms with Crippen molar-refractivity contribution in [1.82, 2.24) is 0 Å². The van der Waals surface area contributed by atoms with E-state index >= 15 is 0 Å². The molecule has 1 aliphatic carbocycles. The third-order valence-corrected chi connectivity index (χ3v) is 4.70. The van der Waals surface area contributed by atoms with Crippen molar-refractivity contribution in [3.63, 3.8) is 0 Å². The van der Waals surface area contributed by atoms with Gasteiger partial charge in [-0.15, -0.1) is 0 Å². The molecule has 0 bridgehead atoms. The average Bonchev–Trinajstić information content (AvgIpc) is 2.62. The van der Waals surface area contributed by atoms with Crippen LogP contribution in [0.4, 0.5) is 13.2 Å². The second-order valence-corrected chi connectivity index (χ2v) is 6.89. The number of Topliss-reactive ketones (excluding diaryl/α,β-unsaturated/α-hetero) is 1. The van der Waals surface area contributed by atoms with Gasteiger partial charge in [0.05, 0.1) is 0 Å². The van der Waals surface area contributed by atoms with Gasteiger partial charge in [-0.3, -0.25) is 4.79 Å². The molecule has 126 valence electrons. The number of carbonyl (C=O) groups excluding carboxylic acids is 1. The summed E-state index contributed by atoms with van der Waals surface area (Å²) >= 11 is 0. The van der Waals surface area contributed by atoms with Crippen molar-refractivity contribution in [3.05, 3.63) is 64.7 Å². The zero-order chi connectivity index (χ0) is 17.5. The maximum Gasteiger partial charge on any atom is 0.534 e. The van der Waals surface area contributed by atoms with E-state index in [1.165, 1.54) is 12.1 Å². The third kappa shape index (κ3) is 3.01. The van der Waals surface area contributed by atoms with Crippen molar-refractivity contribution in [1.29, 1.82) is 0 Å². The molecule has 1 aliphatic rings. The van der Waals surface area contributed by atoms with Gasteiger partial charge < -0.3 is 4.18 Å². The number of halogens is 3. The minimum Gasteiger partial charge on any atom is -0.376 e. The van der Waals surface area contributed by atoms with Gasteiger partial charge in [-0.1, -0.05) is 30.3 Å². The Hall–Kier alpha value is -2.35. The molecular weight excluding hydrogens is 345 g/mol. The van der Waals surface area contributed by atoms with E-state index in [9.17, 15) is 26.4 Å². The fraction of sp³-hybridized carbons (Fsp3) is 0.188. The highest BCUT2D eigenvalue weighted by molar-refractivity contribution is 7.88. The van der Waals surface area contributed by atoms with Crippen LogP contribution in [0.15, 0.2) is 42.5 Å². The van der Waals surface area contributed by atoms with Crippen LogP contribution in [-0.2, 0) is 23.0 Å². The van der Waals surface area contributed by atoms with E-state index in [-0.39, 0.29) is 12.2 Å². The second kappa shape index (κ2) is 5.62. The fourth-order valence-corrected chi connectivity index (χ4v) is 3.04. The summed E-state index contributed by atoms with van der Waals surface area (Å²) in [6.45, 7) is 0. The van der Waals surface area contributed by atoms with Gasteiger partial charge in [-0.25, -0.2) is 0 Å². The number of hydrogen-bond donors (Lipinski definition) is 0. The van der Waals surface area contributed by atoms with Crippen molar-refractivity contribution < 1.29 is 30.6 Å². The second-order valence-electron chi connectivity index (χ2n) is 5.35. The molecule has 0 radical (unpaired) electrons. The quantitative estimate of drug-likeness (QED) is 0.612. The maximum absolute atomic E-state index is 12.4. The molecule has 0 atom stereocenters. The van der Waals surface area contributed by atoms with Crippen LogP contribution in [-0.4, -0.2) is 19.7 Å². The number of hydrogen-bond acceptors (Lipinski definition) is 4.